The van der Waals surface area contributed by atoms with E-state index in [4.69, 9.17) is 14.2 Å². The predicted molar refractivity (Wildman–Crippen MR) is 96.5 cm³/mol. The highest BCUT2D eigenvalue weighted by Crippen LogP contribution is 2.22. The van der Waals surface area contributed by atoms with Gasteiger partial charge in [-0.05, 0) is 13.8 Å². The Hall–Kier alpha value is -1.92. The van der Waals surface area contributed by atoms with E-state index >= 15 is 0 Å². The lowest BCUT2D eigenvalue weighted by Crippen LogP contribution is -2.45. The molecule has 11 heteroatoms. The Kier molecular flexibility index (Phi) is 12.4. The van der Waals surface area contributed by atoms with Crippen LogP contribution in [0.15, 0.2) is 0 Å². The van der Waals surface area contributed by atoms with Gasteiger partial charge in [0.2, 0.25) is 0 Å². The molecule has 0 amide bonds. The van der Waals surface area contributed by atoms with Crippen LogP contribution in [-0.2, 0) is 33.4 Å². The van der Waals surface area contributed by atoms with Crippen molar-refractivity contribution >= 4 is 23.5 Å². The molecule has 0 aromatic rings. The molecule has 0 aromatic heterocycles. The Morgan fingerprint density at radius 3 is 1.28 bits per heavy atom. The molecule has 0 bridgehead atoms. The highest BCUT2D eigenvalue weighted by molar-refractivity contribution is 5.94. The lowest BCUT2D eigenvalue weighted by atomic mass is 9.90. The minimum atomic E-state index is -1.43. The maximum atomic E-state index is 11.7. The number of hydrogen-bond acceptors (Lipinski definition) is 11. The first kappa shape index (κ1) is 27.1. The number of ether oxygens (including phenoxy) is 3. The topological polar surface area (TPSA) is 177 Å². The van der Waals surface area contributed by atoms with Gasteiger partial charge < -0.3 is 34.6 Å². The Labute approximate surface area is 168 Å². The number of Topliss-reactive ketones (excluding diaryl/α,β-unsaturated/α-hetero) is 2. The van der Waals surface area contributed by atoms with Gasteiger partial charge in [0.15, 0.2) is 0 Å². The van der Waals surface area contributed by atoms with E-state index in [2.05, 4.69) is 0 Å². The number of hydrogen-bond donors (Lipinski definition) is 4. The van der Waals surface area contributed by atoms with Crippen LogP contribution >= 0.6 is 0 Å². The molecular weight excluding hydrogens is 392 g/mol. The van der Waals surface area contributed by atoms with Crippen LogP contribution in [0, 0.1) is 10.8 Å². The maximum absolute atomic E-state index is 11.7. The zero-order valence-corrected chi connectivity index (χ0v) is 16.7. The molecule has 0 aliphatic carbocycles. The molecule has 0 aliphatic heterocycles. The van der Waals surface area contributed by atoms with Gasteiger partial charge in [-0.2, -0.15) is 0 Å². The molecule has 11 nitrogen and oxygen atoms in total. The fraction of sp³-hybridized carbons (Fsp3) is 0.778. The van der Waals surface area contributed by atoms with Crippen molar-refractivity contribution in [3.63, 3.8) is 0 Å². The summed E-state index contributed by atoms with van der Waals surface area (Å²) in [4.78, 5) is 45.3. The van der Waals surface area contributed by atoms with Gasteiger partial charge >= 0.3 is 11.9 Å². The zero-order valence-electron chi connectivity index (χ0n) is 16.7. The summed E-state index contributed by atoms with van der Waals surface area (Å²) in [5.74, 6) is -2.54. The largest absolute Gasteiger partial charge is 0.464 e. The summed E-state index contributed by atoms with van der Waals surface area (Å²) >= 11 is 0. The summed E-state index contributed by atoms with van der Waals surface area (Å²) in [6, 6.07) is 0. The fourth-order valence-corrected chi connectivity index (χ4v) is 2.01. The lowest BCUT2D eigenvalue weighted by Gasteiger charge is -2.33. The molecule has 0 spiro atoms. The average Bonchev–Trinajstić information content (AvgIpc) is 2.66. The van der Waals surface area contributed by atoms with E-state index in [1.807, 2.05) is 0 Å². The molecule has 0 rings (SSSR count). The van der Waals surface area contributed by atoms with E-state index in [9.17, 15) is 39.6 Å². The fourth-order valence-electron chi connectivity index (χ4n) is 2.01. The van der Waals surface area contributed by atoms with E-state index in [0.29, 0.717) is 0 Å². The van der Waals surface area contributed by atoms with Crippen LogP contribution in [0.5, 0.6) is 0 Å². The predicted octanol–water partition coefficient (Wildman–Crippen LogP) is -2.01. The monoisotopic (exact) mass is 422 g/mol. The number of aliphatic hydroxyl groups is 4. The van der Waals surface area contributed by atoms with Gasteiger partial charge in [-0.25, -0.2) is 0 Å². The Morgan fingerprint density at radius 1 is 0.621 bits per heavy atom. The number of aliphatic hydroxyl groups excluding tert-OH is 4. The highest BCUT2D eigenvalue weighted by Gasteiger charge is 2.36. The molecule has 0 atom stereocenters. The summed E-state index contributed by atoms with van der Waals surface area (Å²) in [6.07, 6.45) is -0.954. The van der Waals surface area contributed by atoms with E-state index in [-0.39, 0.29) is 13.2 Å². The van der Waals surface area contributed by atoms with Crippen LogP contribution in [-0.4, -0.2) is 96.8 Å². The third-order valence-electron chi connectivity index (χ3n) is 4.02. The molecule has 29 heavy (non-hydrogen) atoms. The SMILES string of the molecule is CC(=O)CC(=O)OCC(CO)(COCC(CO)(CO)CO)COC(=O)CC(C)=O. The van der Waals surface area contributed by atoms with Gasteiger partial charge in [0.25, 0.3) is 0 Å². The van der Waals surface area contributed by atoms with E-state index in [0.717, 1.165) is 0 Å². The Balaban J connectivity index is 5.16. The summed E-state index contributed by atoms with van der Waals surface area (Å²) in [5.41, 5.74) is -2.76. The van der Waals surface area contributed by atoms with Crippen molar-refractivity contribution in [1.29, 1.82) is 0 Å². The molecule has 0 heterocycles. The first-order valence-corrected chi connectivity index (χ1v) is 8.89. The second kappa shape index (κ2) is 13.3. The van der Waals surface area contributed by atoms with Crippen molar-refractivity contribution in [3.8, 4) is 0 Å². The number of carbonyl (C=O) groups is 4. The van der Waals surface area contributed by atoms with Crippen LogP contribution in [0.25, 0.3) is 0 Å². The zero-order chi connectivity index (χ0) is 22.5. The third kappa shape index (κ3) is 10.4. The number of rotatable bonds is 16. The Bertz CT molecular complexity index is 514. The van der Waals surface area contributed by atoms with Gasteiger partial charge in [0, 0.05) is 0 Å². The van der Waals surface area contributed by atoms with E-state index in [1.165, 1.54) is 13.8 Å². The van der Waals surface area contributed by atoms with Crippen LogP contribution in [0.4, 0.5) is 0 Å². The molecule has 0 aromatic carbocycles. The van der Waals surface area contributed by atoms with Crippen molar-refractivity contribution in [2.75, 3.05) is 52.9 Å². The van der Waals surface area contributed by atoms with Crippen molar-refractivity contribution in [3.05, 3.63) is 0 Å². The minimum Gasteiger partial charge on any atom is -0.464 e. The van der Waals surface area contributed by atoms with Crippen molar-refractivity contribution in [2.45, 2.75) is 26.7 Å². The summed E-state index contributed by atoms with van der Waals surface area (Å²) < 4.78 is 15.4. The van der Waals surface area contributed by atoms with Gasteiger partial charge in [-0.1, -0.05) is 0 Å². The molecule has 0 saturated heterocycles. The lowest BCUT2D eigenvalue weighted by molar-refractivity contribution is -0.163. The van der Waals surface area contributed by atoms with Crippen LogP contribution in [0.1, 0.15) is 26.7 Å². The highest BCUT2D eigenvalue weighted by atomic mass is 16.6. The molecule has 0 unspecified atom stereocenters. The number of carbonyl (C=O) groups excluding carboxylic acids is 4. The number of ketones is 2. The number of esters is 2. The average molecular weight is 422 g/mol. The first-order chi connectivity index (χ1) is 13.6. The standard InChI is InChI=1S/C18H30O11/c1-13(23)3-15(25)28-11-18(8-22,12-29-16(26)4-14(2)24)10-27-9-17(5-19,6-20)7-21/h19-22H,3-12H2,1-2H3. The third-order valence-corrected chi connectivity index (χ3v) is 4.02. The van der Waals surface area contributed by atoms with Crippen LogP contribution in [0.3, 0.4) is 0 Å². The quantitative estimate of drug-likeness (QED) is 0.160. The van der Waals surface area contributed by atoms with Gasteiger partial charge in [0.05, 0.1) is 50.5 Å². The molecule has 0 fully saturated rings. The Morgan fingerprint density at radius 2 is 0.966 bits per heavy atom. The van der Waals surface area contributed by atoms with E-state index in [1.54, 1.807) is 0 Å². The smallest absolute Gasteiger partial charge is 0.313 e. The van der Waals surface area contributed by atoms with Gasteiger partial charge in [-0.15, -0.1) is 0 Å². The molecule has 168 valence electrons. The van der Waals surface area contributed by atoms with Crippen molar-refractivity contribution in [1.82, 2.24) is 0 Å². The first-order valence-electron chi connectivity index (χ1n) is 8.89. The molecule has 0 aliphatic rings. The minimum absolute atomic E-state index is 0.305. The van der Waals surface area contributed by atoms with E-state index < -0.39 is 86.8 Å². The summed E-state index contributed by atoms with van der Waals surface area (Å²) in [6.45, 7) is -1.56. The van der Waals surface area contributed by atoms with Crippen LogP contribution in [0.2, 0.25) is 0 Å². The maximum Gasteiger partial charge on any atom is 0.313 e. The van der Waals surface area contributed by atoms with Crippen molar-refractivity contribution in [2.24, 2.45) is 10.8 Å². The van der Waals surface area contributed by atoms with Crippen molar-refractivity contribution < 1.29 is 53.8 Å². The molecular formula is C18H30O11. The molecule has 0 radical (unpaired) electrons. The molecule has 4 N–H and O–H groups in total. The second-order valence-electron chi connectivity index (χ2n) is 7.20. The van der Waals surface area contributed by atoms with Gasteiger partial charge in [-0.3, -0.25) is 19.2 Å². The summed E-state index contributed by atoms with van der Waals surface area (Å²) in [5, 5.41) is 37.8. The van der Waals surface area contributed by atoms with Crippen LogP contribution < -0.4 is 0 Å². The molecule has 0 saturated carbocycles. The normalized spacial score (nSPS) is 11.8. The summed E-state index contributed by atoms with van der Waals surface area (Å²) in [7, 11) is 0. The van der Waals surface area contributed by atoms with Gasteiger partial charge in [0.1, 0.15) is 37.6 Å². The second-order valence-corrected chi connectivity index (χ2v) is 7.20.